The van der Waals surface area contributed by atoms with Crippen molar-refractivity contribution in [3.8, 4) is 11.1 Å². The van der Waals surface area contributed by atoms with E-state index in [1.54, 1.807) is 18.3 Å². The molecule has 0 N–H and O–H groups in total. The van der Waals surface area contributed by atoms with Gasteiger partial charge in [0, 0.05) is 25.1 Å². The van der Waals surface area contributed by atoms with E-state index < -0.39 is 10.0 Å². The number of aromatic nitrogens is 1. The molecule has 0 radical (unpaired) electrons. The number of hydrogen-bond donors (Lipinski definition) is 0. The average molecular weight is 354 g/mol. The Balaban J connectivity index is 1.60. The minimum absolute atomic E-state index is 0.306. The number of rotatable bonds is 3. The van der Waals surface area contributed by atoms with Crippen LogP contribution in [0, 0.1) is 6.92 Å². The molecule has 0 aliphatic carbocycles. The Hall–Kier alpha value is -2.44. The molecule has 1 aliphatic rings. The highest BCUT2D eigenvalue weighted by molar-refractivity contribution is 7.89. The van der Waals surface area contributed by atoms with Crippen molar-refractivity contribution in [3.63, 3.8) is 0 Å². The molecule has 4 rings (SSSR count). The van der Waals surface area contributed by atoms with Crippen molar-refractivity contribution < 1.29 is 12.9 Å². The molecule has 2 aromatic carbocycles. The second kappa shape index (κ2) is 6.13. The number of hydrogen-bond acceptors (Lipinski definition) is 4. The summed E-state index contributed by atoms with van der Waals surface area (Å²) in [6.07, 6.45) is 2.15. The molecule has 0 amide bonds. The standard InChI is InChI=1S/C19H18N2O3S/c1-14-2-4-15(5-3-14)16-6-8-18(9-7-16)25(22,23)21-11-10-19-17(13-21)12-20-24-19/h2-9,12H,10-11,13H2,1H3. The maximum absolute atomic E-state index is 12.9. The maximum Gasteiger partial charge on any atom is 0.243 e. The highest BCUT2D eigenvalue weighted by Gasteiger charge is 2.30. The molecular weight excluding hydrogens is 336 g/mol. The summed E-state index contributed by atoms with van der Waals surface area (Å²) in [5.74, 6) is 0.779. The van der Waals surface area contributed by atoms with Crippen molar-refractivity contribution in [2.24, 2.45) is 0 Å². The van der Waals surface area contributed by atoms with Crippen LogP contribution in [0.3, 0.4) is 0 Å². The molecule has 0 atom stereocenters. The van der Waals surface area contributed by atoms with Crippen molar-refractivity contribution in [3.05, 3.63) is 71.6 Å². The lowest BCUT2D eigenvalue weighted by molar-refractivity contribution is 0.331. The second-order valence-corrected chi connectivity index (χ2v) is 8.19. The first-order chi connectivity index (χ1) is 12.0. The molecule has 0 bridgehead atoms. The van der Waals surface area contributed by atoms with Gasteiger partial charge in [-0.15, -0.1) is 0 Å². The Morgan fingerprint density at radius 3 is 2.32 bits per heavy atom. The molecule has 1 aromatic heterocycles. The van der Waals surface area contributed by atoms with E-state index in [9.17, 15) is 8.42 Å². The van der Waals surface area contributed by atoms with Gasteiger partial charge in [0.05, 0.1) is 11.1 Å². The fourth-order valence-corrected chi connectivity index (χ4v) is 4.45. The molecule has 0 unspecified atom stereocenters. The molecule has 5 nitrogen and oxygen atoms in total. The van der Waals surface area contributed by atoms with E-state index in [0.717, 1.165) is 22.5 Å². The lowest BCUT2D eigenvalue weighted by Gasteiger charge is -2.25. The van der Waals surface area contributed by atoms with Crippen molar-refractivity contribution in [2.75, 3.05) is 6.54 Å². The predicted octanol–water partition coefficient (Wildman–Crippen LogP) is 3.40. The normalized spacial score (nSPS) is 15.1. The number of fused-ring (bicyclic) bond motifs is 1. The van der Waals surface area contributed by atoms with Crippen LogP contribution in [-0.4, -0.2) is 24.4 Å². The number of sulfonamides is 1. The van der Waals surface area contributed by atoms with E-state index in [1.807, 2.05) is 43.3 Å². The first kappa shape index (κ1) is 16.1. The zero-order chi connectivity index (χ0) is 17.4. The molecule has 2 heterocycles. The summed E-state index contributed by atoms with van der Waals surface area (Å²) in [6, 6.07) is 15.2. The molecule has 0 fully saturated rings. The molecule has 128 valence electrons. The molecule has 0 saturated carbocycles. The Morgan fingerprint density at radius 2 is 1.64 bits per heavy atom. The van der Waals surface area contributed by atoms with Crippen molar-refractivity contribution in [1.82, 2.24) is 9.46 Å². The van der Waals surface area contributed by atoms with Crippen LogP contribution in [0.15, 0.2) is 64.1 Å². The third-order valence-electron chi connectivity index (χ3n) is 4.54. The van der Waals surface area contributed by atoms with E-state index in [0.29, 0.717) is 24.4 Å². The van der Waals surface area contributed by atoms with E-state index in [-0.39, 0.29) is 0 Å². The first-order valence-electron chi connectivity index (χ1n) is 8.14. The number of nitrogens with zero attached hydrogens (tertiary/aromatic N) is 2. The Bertz CT molecular complexity index is 990. The van der Waals surface area contributed by atoms with Crippen LogP contribution in [0.5, 0.6) is 0 Å². The minimum atomic E-state index is -3.52. The monoisotopic (exact) mass is 354 g/mol. The molecule has 3 aromatic rings. The Morgan fingerprint density at radius 1 is 1.00 bits per heavy atom. The van der Waals surface area contributed by atoms with Gasteiger partial charge < -0.3 is 4.52 Å². The smallest absolute Gasteiger partial charge is 0.243 e. The fourth-order valence-electron chi connectivity index (χ4n) is 3.03. The first-order valence-corrected chi connectivity index (χ1v) is 9.58. The molecule has 0 saturated heterocycles. The number of benzene rings is 2. The van der Waals surface area contributed by atoms with Crippen LogP contribution in [0.1, 0.15) is 16.9 Å². The average Bonchev–Trinajstić information content (AvgIpc) is 3.10. The molecule has 25 heavy (non-hydrogen) atoms. The molecular formula is C19H18N2O3S. The SMILES string of the molecule is Cc1ccc(-c2ccc(S(=O)(=O)N3CCc4oncc4C3)cc2)cc1. The highest BCUT2D eigenvalue weighted by atomic mass is 32.2. The summed E-state index contributed by atoms with van der Waals surface area (Å²) in [5, 5.41) is 3.75. The van der Waals surface area contributed by atoms with Crippen LogP contribution in [-0.2, 0) is 23.0 Å². The summed E-state index contributed by atoms with van der Waals surface area (Å²) < 4.78 is 32.4. The zero-order valence-corrected chi connectivity index (χ0v) is 14.7. The van der Waals surface area contributed by atoms with Gasteiger partial charge in [0.2, 0.25) is 10.0 Å². The van der Waals surface area contributed by atoms with Gasteiger partial charge in [-0.2, -0.15) is 4.31 Å². The predicted molar refractivity (Wildman–Crippen MR) is 94.4 cm³/mol. The summed E-state index contributed by atoms with van der Waals surface area (Å²) in [6.45, 7) is 2.75. The quantitative estimate of drug-likeness (QED) is 0.723. The lowest BCUT2D eigenvalue weighted by Crippen LogP contribution is -2.35. The highest BCUT2D eigenvalue weighted by Crippen LogP contribution is 2.27. The van der Waals surface area contributed by atoms with Crippen LogP contribution in [0.4, 0.5) is 0 Å². The van der Waals surface area contributed by atoms with Crippen LogP contribution < -0.4 is 0 Å². The van der Waals surface area contributed by atoms with Crippen molar-refractivity contribution in [1.29, 1.82) is 0 Å². The van der Waals surface area contributed by atoms with Crippen LogP contribution in [0.25, 0.3) is 11.1 Å². The van der Waals surface area contributed by atoms with Crippen molar-refractivity contribution >= 4 is 10.0 Å². The Kier molecular flexibility index (Phi) is 3.94. The van der Waals surface area contributed by atoms with Crippen LogP contribution >= 0.6 is 0 Å². The van der Waals surface area contributed by atoms with Gasteiger partial charge >= 0.3 is 0 Å². The van der Waals surface area contributed by atoms with Crippen LogP contribution in [0.2, 0.25) is 0 Å². The van der Waals surface area contributed by atoms with Crippen molar-refractivity contribution in [2.45, 2.75) is 24.8 Å². The zero-order valence-electron chi connectivity index (χ0n) is 13.8. The van der Waals surface area contributed by atoms with Gasteiger partial charge in [-0.1, -0.05) is 47.1 Å². The largest absolute Gasteiger partial charge is 0.361 e. The molecule has 1 aliphatic heterocycles. The van der Waals surface area contributed by atoms with Gasteiger partial charge in [0.1, 0.15) is 5.76 Å². The summed E-state index contributed by atoms with van der Waals surface area (Å²) in [4.78, 5) is 0.309. The van der Waals surface area contributed by atoms with Gasteiger partial charge in [0.25, 0.3) is 0 Å². The number of aryl methyl sites for hydroxylation is 1. The lowest BCUT2D eigenvalue weighted by atomic mass is 10.0. The third-order valence-corrected chi connectivity index (χ3v) is 6.40. The Labute approximate surface area is 146 Å². The van der Waals surface area contributed by atoms with Gasteiger partial charge in [-0.05, 0) is 30.2 Å². The minimum Gasteiger partial charge on any atom is -0.361 e. The van der Waals surface area contributed by atoms with Gasteiger partial charge in [-0.3, -0.25) is 0 Å². The van der Waals surface area contributed by atoms with Gasteiger partial charge in [-0.25, -0.2) is 8.42 Å². The summed E-state index contributed by atoms with van der Waals surface area (Å²) in [7, 11) is -3.52. The maximum atomic E-state index is 12.9. The fraction of sp³-hybridized carbons (Fsp3) is 0.211. The van der Waals surface area contributed by atoms with Gasteiger partial charge in [0.15, 0.2) is 0 Å². The second-order valence-electron chi connectivity index (χ2n) is 6.25. The van der Waals surface area contributed by atoms with E-state index in [4.69, 9.17) is 4.52 Å². The van der Waals surface area contributed by atoms with E-state index in [2.05, 4.69) is 5.16 Å². The molecule has 0 spiro atoms. The van der Waals surface area contributed by atoms with E-state index >= 15 is 0 Å². The molecule has 6 heteroatoms. The summed E-state index contributed by atoms with van der Waals surface area (Å²) in [5.41, 5.74) is 4.10. The van der Waals surface area contributed by atoms with E-state index in [1.165, 1.54) is 9.87 Å². The third kappa shape index (κ3) is 2.99. The summed E-state index contributed by atoms with van der Waals surface area (Å²) >= 11 is 0. The topological polar surface area (TPSA) is 63.4 Å².